The molecule has 0 spiro atoms. The van der Waals surface area contributed by atoms with Crippen LogP contribution in [0.3, 0.4) is 0 Å². The van der Waals surface area contributed by atoms with Crippen LogP contribution in [0.25, 0.3) is 0 Å². The molecule has 0 aliphatic heterocycles. The highest BCUT2D eigenvalue weighted by molar-refractivity contribution is 6.66. The molecule has 0 heterocycles. The van der Waals surface area contributed by atoms with E-state index in [0.29, 0.717) is 6.61 Å². The highest BCUT2D eigenvalue weighted by Crippen LogP contribution is 2.08. The van der Waals surface area contributed by atoms with E-state index >= 15 is 0 Å². The van der Waals surface area contributed by atoms with Crippen LogP contribution in [0.4, 0.5) is 0 Å². The molecule has 0 saturated heterocycles. The van der Waals surface area contributed by atoms with Crippen molar-refractivity contribution in [2.75, 3.05) is 27.9 Å². The Kier molecular flexibility index (Phi) is 11.7. The quantitative estimate of drug-likeness (QED) is 0.240. The molecule has 0 aliphatic rings. The van der Waals surface area contributed by atoms with E-state index < -0.39 is 8.80 Å². The van der Waals surface area contributed by atoms with Crippen molar-refractivity contribution in [1.29, 1.82) is 0 Å². The van der Waals surface area contributed by atoms with E-state index in [2.05, 4.69) is 6.92 Å². The third-order valence-corrected chi connectivity index (χ3v) is 5.30. The van der Waals surface area contributed by atoms with Crippen molar-refractivity contribution >= 4 is 14.8 Å². The fraction of sp³-hybridized carbons (Fsp3) is 0.786. The molecule has 0 N–H and O–H groups in total. The van der Waals surface area contributed by atoms with Crippen LogP contribution in [-0.4, -0.2) is 42.7 Å². The Balaban J connectivity index is 3.82. The molecule has 0 rings (SSSR count). The van der Waals surface area contributed by atoms with Gasteiger partial charge >= 0.3 is 14.8 Å². The average Bonchev–Trinajstić information content (AvgIpc) is 2.48. The van der Waals surface area contributed by atoms with Crippen molar-refractivity contribution < 1.29 is 22.8 Å². The lowest BCUT2D eigenvalue weighted by Crippen LogP contribution is -2.41. The van der Waals surface area contributed by atoms with Crippen molar-refractivity contribution in [1.82, 2.24) is 0 Å². The van der Waals surface area contributed by atoms with Crippen molar-refractivity contribution in [3.8, 4) is 0 Å². The van der Waals surface area contributed by atoms with E-state index in [4.69, 9.17) is 18.0 Å². The molecule has 20 heavy (non-hydrogen) atoms. The smallest absolute Gasteiger partial charge is 0.463 e. The van der Waals surface area contributed by atoms with Crippen LogP contribution in [0.1, 0.15) is 45.4 Å². The van der Waals surface area contributed by atoms with Crippen LogP contribution in [0, 0.1) is 0 Å². The zero-order valence-corrected chi connectivity index (χ0v) is 14.1. The van der Waals surface area contributed by atoms with Crippen LogP contribution in [-0.2, 0) is 22.8 Å². The van der Waals surface area contributed by atoms with Gasteiger partial charge in [0.2, 0.25) is 0 Å². The van der Waals surface area contributed by atoms with Gasteiger partial charge in [-0.3, -0.25) is 0 Å². The van der Waals surface area contributed by atoms with Crippen LogP contribution < -0.4 is 0 Å². The number of unbranched alkanes of at least 4 members (excludes halogenated alkanes) is 5. The molecule has 0 aromatic heterocycles. The van der Waals surface area contributed by atoms with E-state index in [9.17, 15) is 4.79 Å². The third kappa shape index (κ3) is 8.47. The van der Waals surface area contributed by atoms with E-state index in [1.165, 1.54) is 58.8 Å². The fourth-order valence-electron chi connectivity index (χ4n) is 1.73. The summed E-state index contributed by atoms with van der Waals surface area (Å²) in [6, 6.07) is 0. The molecule has 0 aromatic carbocycles. The number of hydrogen-bond donors (Lipinski definition) is 0. The first-order valence-corrected chi connectivity index (χ1v) is 8.95. The normalized spacial score (nSPS) is 12.0. The van der Waals surface area contributed by atoms with Gasteiger partial charge in [0.15, 0.2) is 0 Å². The van der Waals surface area contributed by atoms with Crippen LogP contribution in [0.2, 0.25) is 0 Å². The lowest BCUT2D eigenvalue weighted by molar-refractivity contribution is -0.137. The Morgan fingerprint density at radius 1 is 0.950 bits per heavy atom. The Bertz CT molecular complexity index is 268. The summed E-state index contributed by atoms with van der Waals surface area (Å²) in [7, 11) is 1.64. The summed E-state index contributed by atoms with van der Waals surface area (Å²) >= 11 is 0. The molecule has 118 valence electrons. The first-order chi connectivity index (χ1) is 9.64. The molecule has 6 heteroatoms. The van der Waals surface area contributed by atoms with Crippen LogP contribution >= 0.6 is 0 Å². The predicted molar refractivity (Wildman–Crippen MR) is 80.3 cm³/mol. The summed E-state index contributed by atoms with van der Waals surface area (Å²) in [5, 5.41) is 0. The summed E-state index contributed by atoms with van der Waals surface area (Å²) < 4.78 is 20.6. The second-order valence-corrected chi connectivity index (χ2v) is 7.25. The highest BCUT2D eigenvalue weighted by Gasteiger charge is 2.34. The topological polar surface area (TPSA) is 54.0 Å². The molecule has 0 atom stereocenters. The monoisotopic (exact) mass is 304 g/mol. The molecule has 0 radical (unpaired) electrons. The minimum atomic E-state index is -2.83. The van der Waals surface area contributed by atoms with Gasteiger partial charge in [0.05, 0.1) is 6.61 Å². The summed E-state index contributed by atoms with van der Waals surface area (Å²) in [5.41, 5.74) is 1.52. The molecule has 0 aromatic rings. The Hall–Kier alpha value is -0.693. The molecule has 0 unspecified atom stereocenters. The van der Waals surface area contributed by atoms with Crippen molar-refractivity contribution in [3.05, 3.63) is 11.8 Å². The zero-order valence-electron chi connectivity index (χ0n) is 13.1. The summed E-state index contributed by atoms with van der Waals surface area (Å²) in [6.07, 6.45) is 8.31. The summed E-state index contributed by atoms with van der Waals surface area (Å²) in [5.74, 6) is -0.387. The number of rotatable bonds is 12. The van der Waals surface area contributed by atoms with Gasteiger partial charge in [-0.2, -0.15) is 0 Å². The summed E-state index contributed by atoms with van der Waals surface area (Å²) in [6.45, 7) is 2.65. The molecule has 0 saturated carbocycles. The molecule has 5 nitrogen and oxygen atoms in total. The first-order valence-electron chi connectivity index (χ1n) is 7.15. The number of carbonyl (C=O) groups excluding carboxylic acids is 1. The standard InChI is InChI=1S/C14H28O5Si/c1-5-6-7-8-9-10-12-19-14(15)11-13-20(16-2,17-3)18-4/h11,13H,5-10,12H2,1-4H3. The second-order valence-electron chi connectivity index (χ2n) is 4.48. The Morgan fingerprint density at radius 2 is 1.50 bits per heavy atom. The third-order valence-electron chi connectivity index (χ3n) is 3.02. The Morgan fingerprint density at radius 3 is 2.05 bits per heavy atom. The maximum absolute atomic E-state index is 11.5. The molecular weight excluding hydrogens is 276 g/mol. The van der Waals surface area contributed by atoms with Gasteiger partial charge in [-0.25, -0.2) is 4.79 Å². The van der Waals surface area contributed by atoms with Gasteiger partial charge in [-0.15, -0.1) is 0 Å². The summed E-state index contributed by atoms with van der Waals surface area (Å²) in [4.78, 5) is 11.5. The van der Waals surface area contributed by atoms with Gasteiger partial charge < -0.3 is 18.0 Å². The maximum Gasteiger partial charge on any atom is 0.529 e. The van der Waals surface area contributed by atoms with Crippen molar-refractivity contribution in [2.45, 2.75) is 45.4 Å². The number of esters is 1. The molecular formula is C14H28O5Si. The van der Waals surface area contributed by atoms with Crippen molar-refractivity contribution in [3.63, 3.8) is 0 Å². The van der Waals surface area contributed by atoms with Gasteiger partial charge in [0.25, 0.3) is 0 Å². The van der Waals surface area contributed by atoms with Crippen LogP contribution in [0.15, 0.2) is 11.8 Å². The minimum absolute atomic E-state index is 0.387. The number of hydrogen-bond acceptors (Lipinski definition) is 5. The second kappa shape index (κ2) is 12.1. The number of ether oxygens (including phenoxy) is 1. The lowest BCUT2D eigenvalue weighted by Gasteiger charge is -2.19. The van der Waals surface area contributed by atoms with E-state index in [1.54, 1.807) is 0 Å². The van der Waals surface area contributed by atoms with Gasteiger partial charge in [-0.1, -0.05) is 39.0 Å². The lowest BCUT2D eigenvalue weighted by atomic mass is 10.1. The predicted octanol–water partition coefficient (Wildman–Crippen LogP) is 2.86. The molecule has 0 bridgehead atoms. The SMILES string of the molecule is CCCCCCCCOC(=O)C=C[Si](OC)(OC)OC. The fourth-order valence-corrected chi connectivity index (χ4v) is 2.98. The van der Waals surface area contributed by atoms with Gasteiger partial charge in [-0.05, 0) is 12.1 Å². The zero-order chi connectivity index (χ0) is 15.3. The van der Waals surface area contributed by atoms with Crippen LogP contribution in [0.5, 0.6) is 0 Å². The maximum atomic E-state index is 11.5. The minimum Gasteiger partial charge on any atom is -0.463 e. The Labute approximate surface area is 123 Å². The highest BCUT2D eigenvalue weighted by atomic mass is 28.4. The largest absolute Gasteiger partial charge is 0.529 e. The van der Waals surface area contributed by atoms with Gasteiger partial charge in [0, 0.05) is 27.4 Å². The average molecular weight is 304 g/mol. The first kappa shape index (κ1) is 19.3. The molecule has 0 fully saturated rings. The molecule has 0 aliphatic carbocycles. The van der Waals surface area contributed by atoms with E-state index in [-0.39, 0.29) is 5.97 Å². The van der Waals surface area contributed by atoms with E-state index in [1.807, 2.05) is 0 Å². The van der Waals surface area contributed by atoms with E-state index in [0.717, 1.165) is 12.8 Å². The molecule has 0 amide bonds. The van der Waals surface area contributed by atoms with Crippen molar-refractivity contribution in [2.24, 2.45) is 0 Å². The number of carbonyl (C=O) groups is 1. The van der Waals surface area contributed by atoms with Gasteiger partial charge in [0.1, 0.15) is 0 Å².